The van der Waals surface area contributed by atoms with Gasteiger partial charge in [0.15, 0.2) is 0 Å². The van der Waals surface area contributed by atoms with Crippen molar-refractivity contribution in [1.29, 1.82) is 0 Å². The van der Waals surface area contributed by atoms with Crippen LogP contribution in [0.2, 0.25) is 0 Å². The molecule has 0 spiro atoms. The van der Waals surface area contributed by atoms with E-state index in [0.29, 0.717) is 30.5 Å². The predicted molar refractivity (Wildman–Crippen MR) is 100 cm³/mol. The predicted octanol–water partition coefficient (Wildman–Crippen LogP) is 3.65. The first kappa shape index (κ1) is 17.5. The molecule has 4 heteroatoms. The number of carbonyl (C=O) groups is 2. The zero-order chi connectivity index (χ0) is 17.6. The zero-order valence-electron chi connectivity index (χ0n) is 14.8. The van der Waals surface area contributed by atoms with Crippen molar-refractivity contribution in [2.45, 2.75) is 45.1 Å². The number of rotatable bonds is 5. The van der Waals surface area contributed by atoms with Gasteiger partial charge in [0.05, 0.1) is 0 Å². The third kappa shape index (κ3) is 4.81. The Labute approximate surface area is 149 Å². The van der Waals surface area contributed by atoms with Gasteiger partial charge in [0.2, 0.25) is 5.91 Å². The van der Waals surface area contributed by atoms with Gasteiger partial charge in [0, 0.05) is 24.6 Å². The molecule has 2 amide bonds. The lowest BCUT2D eigenvalue weighted by atomic mass is 9.87. The molecule has 0 heterocycles. The van der Waals surface area contributed by atoms with Crippen molar-refractivity contribution in [2.24, 2.45) is 5.92 Å². The number of nitrogens with one attached hydrogen (secondary N) is 2. The van der Waals surface area contributed by atoms with Gasteiger partial charge in [-0.1, -0.05) is 50.1 Å². The number of carbonyl (C=O) groups excluding carboxylic acids is 2. The van der Waals surface area contributed by atoms with E-state index in [1.54, 1.807) is 0 Å². The van der Waals surface area contributed by atoms with Crippen molar-refractivity contribution in [2.75, 3.05) is 6.54 Å². The third-order valence-corrected chi connectivity index (χ3v) is 4.95. The highest BCUT2D eigenvalue weighted by Crippen LogP contribution is 2.23. The van der Waals surface area contributed by atoms with Gasteiger partial charge in [-0.05, 0) is 41.7 Å². The van der Waals surface area contributed by atoms with Crippen molar-refractivity contribution < 1.29 is 9.59 Å². The molecule has 1 fully saturated rings. The smallest absolute Gasteiger partial charge is 0.251 e. The summed E-state index contributed by atoms with van der Waals surface area (Å²) in [7, 11) is 0. The summed E-state index contributed by atoms with van der Waals surface area (Å²) in [5.74, 6) is 0.578. The first-order valence-corrected chi connectivity index (χ1v) is 9.18. The molecule has 0 bridgehead atoms. The Morgan fingerprint density at radius 1 is 1.08 bits per heavy atom. The zero-order valence-corrected chi connectivity index (χ0v) is 14.8. The number of benzene rings is 2. The number of fused-ring (bicyclic) bond motifs is 1. The topological polar surface area (TPSA) is 58.2 Å². The van der Waals surface area contributed by atoms with E-state index in [1.807, 2.05) is 42.5 Å². The minimum Gasteiger partial charge on any atom is -0.353 e. The molecular formula is C21H26N2O2. The Hall–Kier alpha value is -2.36. The molecule has 3 rings (SSSR count). The number of hydrogen-bond acceptors (Lipinski definition) is 2. The van der Waals surface area contributed by atoms with Gasteiger partial charge < -0.3 is 10.6 Å². The number of amides is 2. The molecule has 2 atom stereocenters. The van der Waals surface area contributed by atoms with Crippen LogP contribution in [0, 0.1) is 5.92 Å². The van der Waals surface area contributed by atoms with Gasteiger partial charge in [-0.3, -0.25) is 9.59 Å². The fourth-order valence-corrected chi connectivity index (χ4v) is 3.59. The molecule has 2 N–H and O–H groups in total. The molecule has 1 saturated carbocycles. The van der Waals surface area contributed by atoms with Crippen LogP contribution in [0.3, 0.4) is 0 Å². The highest BCUT2D eigenvalue weighted by molar-refractivity contribution is 5.98. The molecule has 2 aromatic carbocycles. The second-order valence-corrected chi connectivity index (χ2v) is 7.10. The van der Waals surface area contributed by atoms with Crippen molar-refractivity contribution in [3.8, 4) is 0 Å². The van der Waals surface area contributed by atoms with E-state index in [4.69, 9.17) is 0 Å². The largest absolute Gasteiger partial charge is 0.353 e. The van der Waals surface area contributed by atoms with Crippen molar-refractivity contribution in [1.82, 2.24) is 10.6 Å². The van der Waals surface area contributed by atoms with Crippen LogP contribution >= 0.6 is 0 Å². The van der Waals surface area contributed by atoms with Crippen LogP contribution in [0.25, 0.3) is 10.8 Å². The molecule has 0 radical (unpaired) electrons. The molecule has 2 aromatic rings. The Morgan fingerprint density at radius 2 is 1.88 bits per heavy atom. The van der Waals surface area contributed by atoms with E-state index < -0.39 is 0 Å². The lowest BCUT2D eigenvalue weighted by Crippen LogP contribution is -2.39. The Kier molecular flexibility index (Phi) is 5.69. The van der Waals surface area contributed by atoms with Gasteiger partial charge in [-0.2, -0.15) is 0 Å². The number of hydrogen-bond donors (Lipinski definition) is 2. The third-order valence-electron chi connectivity index (χ3n) is 4.95. The van der Waals surface area contributed by atoms with Crippen molar-refractivity contribution in [3.63, 3.8) is 0 Å². The van der Waals surface area contributed by atoms with Gasteiger partial charge in [-0.25, -0.2) is 0 Å². The van der Waals surface area contributed by atoms with Crippen LogP contribution in [0.5, 0.6) is 0 Å². The van der Waals surface area contributed by atoms with E-state index in [9.17, 15) is 9.59 Å². The van der Waals surface area contributed by atoms with Crippen LogP contribution < -0.4 is 10.6 Å². The fourth-order valence-electron chi connectivity index (χ4n) is 3.59. The highest BCUT2D eigenvalue weighted by atomic mass is 16.2. The Balaban J connectivity index is 1.46. The van der Waals surface area contributed by atoms with E-state index >= 15 is 0 Å². The standard InChI is InChI=1S/C21H26N2O2/c1-15-5-4-8-19(13-15)23-20(24)11-12-22-21(25)18-10-9-16-6-2-3-7-17(16)14-18/h2-3,6-7,9-10,14-15,19H,4-5,8,11-13H2,1H3,(H,22,25)(H,23,24). The summed E-state index contributed by atoms with van der Waals surface area (Å²) in [6, 6.07) is 13.9. The highest BCUT2D eigenvalue weighted by Gasteiger charge is 2.20. The second kappa shape index (κ2) is 8.15. The van der Waals surface area contributed by atoms with Gasteiger partial charge in [0.25, 0.3) is 5.91 Å². The summed E-state index contributed by atoms with van der Waals surface area (Å²) in [5.41, 5.74) is 0.625. The summed E-state index contributed by atoms with van der Waals surface area (Å²) in [6.07, 6.45) is 4.90. The molecule has 25 heavy (non-hydrogen) atoms. The molecule has 0 saturated heterocycles. The molecule has 0 aromatic heterocycles. The van der Waals surface area contributed by atoms with Crippen LogP contribution in [-0.2, 0) is 4.79 Å². The SMILES string of the molecule is CC1CCCC(NC(=O)CCNC(=O)c2ccc3ccccc3c2)C1. The van der Waals surface area contributed by atoms with E-state index in [0.717, 1.165) is 23.6 Å². The normalized spacial score (nSPS) is 20.2. The lowest BCUT2D eigenvalue weighted by molar-refractivity contribution is -0.121. The Bertz CT molecular complexity index is 756. The fraction of sp³-hybridized carbons (Fsp3) is 0.429. The lowest BCUT2D eigenvalue weighted by Gasteiger charge is -2.27. The minimum absolute atomic E-state index is 0.0258. The molecule has 132 valence electrons. The summed E-state index contributed by atoms with van der Waals surface area (Å²) >= 11 is 0. The van der Waals surface area contributed by atoms with Gasteiger partial charge in [-0.15, -0.1) is 0 Å². The van der Waals surface area contributed by atoms with Gasteiger partial charge >= 0.3 is 0 Å². The second-order valence-electron chi connectivity index (χ2n) is 7.10. The van der Waals surface area contributed by atoms with Crippen molar-refractivity contribution >= 4 is 22.6 Å². The summed E-state index contributed by atoms with van der Waals surface area (Å²) in [4.78, 5) is 24.3. The van der Waals surface area contributed by atoms with E-state index in [1.165, 1.54) is 12.8 Å². The first-order valence-electron chi connectivity index (χ1n) is 9.18. The molecule has 0 aliphatic heterocycles. The quantitative estimate of drug-likeness (QED) is 0.874. The maximum Gasteiger partial charge on any atom is 0.251 e. The summed E-state index contributed by atoms with van der Waals surface area (Å²) in [5, 5.41) is 8.09. The van der Waals surface area contributed by atoms with Gasteiger partial charge in [0.1, 0.15) is 0 Å². The maximum atomic E-state index is 12.3. The summed E-state index contributed by atoms with van der Waals surface area (Å²) < 4.78 is 0. The van der Waals surface area contributed by atoms with Crippen LogP contribution in [0.1, 0.15) is 49.4 Å². The molecule has 1 aliphatic rings. The molecule has 2 unspecified atom stereocenters. The molecular weight excluding hydrogens is 312 g/mol. The minimum atomic E-state index is -0.134. The molecule has 4 nitrogen and oxygen atoms in total. The van der Waals surface area contributed by atoms with Crippen LogP contribution in [-0.4, -0.2) is 24.4 Å². The van der Waals surface area contributed by atoms with E-state index in [-0.39, 0.29) is 11.8 Å². The maximum absolute atomic E-state index is 12.3. The monoisotopic (exact) mass is 338 g/mol. The van der Waals surface area contributed by atoms with Crippen LogP contribution in [0.15, 0.2) is 42.5 Å². The average Bonchev–Trinajstić information content (AvgIpc) is 2.61. The van der Waals surface area contributed by atoms with Crippen molar-refractivity contribution in [3.05, 3.63) is 48.0 Å². The summed E-state index contributed by atoms with van der Waals surface area (Å²) in [6.45, 7) is 2.60. The average molecular weight is 338 g/mol. The molecule has 1 aliphatic carbocycles. The van der Waals surface area contributed by atoms with E-state index in [2.05, 4.69) is 17.6 Å². The Morgan fingerprint density at radius 3 is 2.68 bits per heavy atom. The van der Waals surface area contributed by atoms with Crippen LogP contribution in [0.4, 0.5) is 0 Å². The first-order chi connectivity index (χ1) is 12.1.